The van der Waals surface area contributed by atoms with Crippen molar-refractivity contribution in [1.82, 2.24) is 15.0 Å². The summed E-state index contributed by atoms with van der Waals surface area (Å²) in [5, 5.41) is 4.70. The summed E-state index contributed by atoms with van der Waals surface area (Å²) in [6.07, 6.45) is 0. The van der Waals surface area contributed by atoms with Crippen molar-refractivity contribution in [3.63, 3.8) is 0 Å². The van der Waals surface area contributed by atoms with E-state index in [0.717, 1.165) is 5.56 Å². The Kier molecular flexibility index (Phi) is 5.76. The van der Waals surface area contributed by atoms with Gasteiger partial charge in [-0.2, -0.15) is 4.98 Å². The first-order chi connectivity index (χ1) is 14.6. The van der Waals surface area contributed by atoms with Crippen LogP contribution in [0.2, 0.25) is 5.02 Å². The molecule has 30 heavy (non-hydrogen) atoms. The molecule has 0 atom stereocenters. The molecule has 0 N–H and O–H groups in total. The van der Waals surface area contributed by atoms with E-state index in [-0.39, 0.29) is 5.91 Å². The SMILES string of the molecule is COc1ccc(C(=O)N2CCN(c3nc(-c4ccc(Cl)cc4)no3)CC2)cc1OC. The van der Waals surface area contributed by atoms with E-state index in [9.17, 15) is 4.79 Å². The van der Waals surface area contributed by atoms with Gasteiger partial charge in [-0.05, 0) is 42.5 Å². The molecule has 3 aromatic rings. The molecule has 1 saturated heterocycles. The Hall–Kier alpha value is -3.26. The van der Waals surface area contributed by atoms with Gasteiger partial charge < -0.3 is 23.8 Å². The van der Waals surface area contributed by atoms with Gasteiger partial charge in [0.1, 0.15) is 0 Å². The van der Waals surface area contributed by atoms with E-state index in [1.54, 1.807) is 49.5 Å². The Balaban J connectivity index is 1.40. The smallest absolute Gasteiger partial charge is 0.324 e. The molecule has 1 aliphatic rings. The van der Waals surface area contributed by atoms with Crippen LogP contribution in [0.5, 0.6) is 11.5 Å². The third kappa shape index (κ3) is 4.04. The van der Waals surface area contributed by atoms with Gasteiger partial charge in [0.05, 0.1) is 14.2 Å². The lowest BCUT2D eigenvalue weighted by molar-refractivity contribution is 0.0744. The van der Waals surface area contributed by atoms with Crippen LogP contribution < -0.4 is 14.4 Å². The summed E-state index contributed by atoms with van der Waals surface area (Å²) in [6, 6.07) is 12.9. The zero-order valence-corrected chi connectivity index (χ0v) is 17.4. The number of halogens is 1. The number of ether oxygens (including phenoxy) is 2. The molecule has 2 aromatic carbocycles. The number of anilines is 1. The topological polar surface area (TPSA) is 80.9 Å². The largest absolute Gasteiger partial charge is 0.493 e. The number of nitrogens with zero attached hydrogens (tertiary/aromatic N) is 4. The third-order valence-corrected chi connectivity index (χ3v) is 5.24. The fraction of sp³-hybridized carbons (Fsp3) is 0.286. The van der Waals surface area contributed by atoms with Crippen LogP contribution in [0.1, 0.15) is 10.4 Å². The fourth-order valence-electron chi connectivity index (χ4n) is 3.31. The maximum Gasteiger partial charge on any atom is 0.324 e. The number of hydrogen-bond acceptors (Lipinski definition) is 7. The lowest BCUT2D eigenvalue weighted by Gasteiger charge is -2.33. The zero-order valence-electron chi connectivity index (χ0n) is 16.7. The van der Waals surface area contributed by atoms with Gasteiger partial charge in [0, 0.05) is 42.3 Å². The summed E-state index contributed by atoms with van der Waals surface area (Å²) >= 11 is 5.92. The van der Waals surface area contributed by atoms with Crippen LogP contribution in [-0.2, 0) is 0 Å². The molecule has 1 aliphatic heterocycles. The molecular formula is C21H21ClN4O4. The van der Waals surface area contributed by atoms with Crippen LogP contribution in [0.4, 0.5) is 6.01 Å². The number of carbonyl (C=O) groups is 1. The second kappa shape index (κ2) is 8.62. The van der Waals surface area contributed by atoms with Crippen LogP contribution in [-0.4, -0.2) is 61.3 Å². The van der Waals surface area contributed by atoms with Crippen LogP contribution in [0.15, 0.2) is 47.0 Å². The highest BCUT2D eigenvalue weighted by Crippen LogP contribution is 2.28. The van der Waals surface area contributed by atoms with Crippen LogP contribution in [0, 0.1) is 0 Å². The number of aromatic nitrogens is 2. The summed E-state index contributed by atoms with van der Waals surface area (Å²) in [4.78, 5) is 21.1. The van der Waals surface area contributed by atoms with Gasteiger partial charge in [-0.15, -0.1) is 0 Å². The van der Waals surface area contributed by atoms with E-state index in [2.05, 4.69) is 10.1 Å². The van der Waals surface area contributed by atoms with Gasteiger partial charge in [-0.3, -0.25) is 4.79 Å². The number of carbonyl (C=O) groups excluding carboxylic acids is 1. The van der Waals surface area contributed by atoms with Crippen molar-refractivity contribution in [1.29, 1.82) is 0 Å². The minimum Gasteiger partial charge on any atom is -0.493 e. The number of rotatable bonds is 5. The molecule has 0 bridgehead atoms. The van der Waals surface area contributed by atoms with Crippen molar-refractivity contribution in [2.24, 2.45) is 0 Å². The summed E-state index contributed by atoms with van der Waals surface area (Å²) in [6.45, 7) is 2.29. The average Bonchev–Trinajstić information content (AvgIpc) is 3.29. The molecule has 0 radical (unpaired) electrons. The highest BCUT2D eigenvalue weighted by molar-refractivity contribution is 6.30. The Morgan fingerprint density at radius 1 is 1.00 bits per heavy atom. The molecule has 4 rings (SSSR count). The lowest BCUT2D eigenvalue weighted by atomic mass is 10.1. The van der Waals surface area contributed by atoms with Gasteiger partial charge >= 0.3 is 6.01 Å². The number of hydrogen-bond donors (Lipinski definition) is 0. The van der Waals surface area contributed by atoms with Gasteiger partial charge in [0.15, 0.2) is 11.5 Å². The minimum atomic E-state index is -0.0528. The quantitative estimate of drug-likeness (QED) is 0.616. The summed E-state index contributed by atoms with van der Waals surface area (Å²) in [7, 11) is 3.11. The van der Waals surface area contributed by atoms with E-state index in [1.807, 2.05) is 17.0 Å². The standard InChI is InChI=1S/C21H21ClN4O4/c1-28-17-8-5-15(13-18(17)29-2)20(27)25-9-11-26(12-10-25)21-23-19(24-30-21)14-3-6-16(22)7-4-14/h3-8,13H,9-12H2,1-2H3. The number of amides is 1. The molecular weight excluding hydrogens is 408 g/mol. The van der Waals surface area contributed by atoms with Gasteiger partial charge in [0.25, 0.3) is 5.91 Å². The van der Waals surface area contributed by atoms with Crippen LogP contribution in [0.25, 0.3) is 11.4 Å². The monoisotopic (exact) mass is 428 g/mol. The molecule has 2 heterocycles. The Bertz CT molecular complexity index is 1030. The number of benzene rings is 2. The maximum atomic E-state index is 12.9. The Morgan fingerprint density at radius 2 is 1.70 bits per heavy atom. The van der Waals surface area contributed by atoms with Crippen molar-refractivity contribution >= 4 is 23.5 Å². The van der Waals surface area contributed by atoms with Crippen molar-refractivity contribution in [3.05, 3.63) is 53.1 Å². The first-order valence-electron chi connectivity index (χ1n) is 9.45. The second-order valence-electron chi connectivity index (χ2n) is 6.76. The normalized spacial score (nSPS) is 14.0. The molecule has 9 heteroatoms. The molecule has 0 spiro atoms. The number of piperazine rings is 1. The van der Waals surface area contributed by atoms with E-state index in [0.29, 0.717) is 60.1 Å². The Morgan fingerprint density at radius 3 is 2.37 bits per heavy atom. The van der Waals surface area contributed by atoms with Gasteiger partial charge in [0.2, 0.25) is 5.82 Å². The highest BCUT2D eigenvalue weighted by Gasteiger charge is 2.26. The first-order valence-corrected chi connectivity index (χ1v) is 9.82. The predicted octanol–water partition coefficient (Wildman–Crippen LogP) is 3.37. The second-order valence-corrected chi connectivity index (χ2v) is 7.19. The predicted molar refractivity (Wildman–Crippen MR) is 112 cm³/mol. The number of methoxy groups -OCH3 is 2. The molecule has 0 unspecified atom stereocenters. The summed E-state index contributed by atoms with van der Waals surface area (Å²) < 4.78 is 16.0. The van der Waals surface area contributed by atoms with Gasteiger partial charge in [-0.1, -0.05) is 16.8 Å². The molecule has 1 aromatic heterocycles. The van der Waals surface area contributed by atoms with E-state index in [4.69, 9.17) is 25.6 Å². The summed E-state index contributed by atoms with van der Waals surface area (Å²) in [5.41, 5.74) is 1.39. The first kappa shape index (κ1) is 20.0. The van der Waals surface area contributed by atoms with Crippen molar-refractivity contribution in [3.8, 4) is 22.9 Å². The third-order valence-electron chi connectivity index (χ3n) is 4.99. The zero-order chi connectivity index (χ0) is 21.1. The maximum absolute atomic E-state index is 12.9. The molecule has 1 fully saturated rings. The van der Waals surface area contributed by atoms with Crippen molar-refractivity contribution in [2.75, 3.05) is 45.3 Å². The van der Waals surface area contributed by atoms with Crippen LogP contribution in [0.3, 0.4) is 0 Å². The molecule has 1 amide bonds. The lowest BCUT2D eigenvalue weighted by Crippen LogP contribution is -2.48. The Labute approximate surface area is 178 Å². The van der Waals surface area contributed by atoms with Gasteiger partial charge in [-0.25, -0.2) is 0 Å². The van der Waals surface area contributed by atoms with Crippen molar-refractivity contribution in [2.45, 2.75) is 0 Å². The molecule has 8 nitrogen and oxygen atoms in total. The highest BCUT2D eigenvalue weighted by atomic mass is 35.5. The van der Waals surface area contributed by atoms with E-state index >= 15 is 0 Å². The summed E-state index contributed by atoms with van der Waals surface area (Å²) in [5.74, 6) is 1.57. The van der Waals surface area contributed by atoms with Crippen LogP contribution >= 0.6 is 11.6 Å². The molecule has 0 saturated carbocycles. The minimum absolute atomic E-state index is 0.0528. The molecule has 0 aliphatic carbocycles. The fourth-order valence-corrected chi connectivity index (χ4v) is 3.44. The van der Waals surface area contributed by atoms with E-state index < -0.39 is 0 Å². The average molecular weight is 429 g/mol. The van der Waals surface area contributed by atoms with E-state index in [1.165, 1.54) is 0 Å². The molecule has 156 valence electrons. The van der Waals surface area contributed by atoms with Crippen molar-refractivity contribution < 1.29 is 18.8 Å².